The lowest BCUT2D eigenvalue weighted by atomic mass is 10.2. The first-order valence-corrected chi connectivity index (χ1v) is 13.0. The van der Waals surface area contributed by atoms with E-state index in [-0.39, 0.29) is 23.8 Å². The quantitative estimate of drug-likeness (QED) is 0.217. The molecule has 4 aromatic rings. The van der Waals surface area contributed by atoms with Gasteiger partial charge in [0.25, 0.3) is 5.56 Å². The number of nitrogens with one attached hydrogen (secondary N) is 2. The van der Waals surface area contributed by atoms with E-state index in [2.05, 4.69) is 15.6 Å². The van der Waals surface area contributed by atoms with Crippen molar-refractivity contribution in [1.82, 2.24) is 25.2 Å². The average molecular weight is 520 g/mol. The van der Waals surface area contributed by atoms with Gasteiger partial charge in [-0.15, -0.1) is 0 Å². The summed E-state index contributed by atoms with van der Waals surface area (Å²) in [5.41, 5.74) is 1.30. The number of thioether (sulfide) groups is 1. The predicted molar refractivity (Wildman–Crippen MR) is 142 cm³/mol. The second-order valence-electron chi connectivity index (χ2n) is 8.42. The van der Waals surface area contributed by atoms with Gasteiger partial charge in [-0.3, -0.25) is 23.9 Å². The molecule has 0 saturated carbocycles. The van der Waals surface area contributed by atoms with Crippen LogP contribution in [0.5, 0.6) is 0 Å². The van der Waals surface area contributed by atoms with E-state index in [0.29, 0.717) is 54.3 Å². The van der Waals surface area contributed by atoms with E-state index < -0.39 is 5.25 Å². The fourth-order valence-electron chi connectivity index (χ4n) is 3.77. The van der Waals surface area contributed by atoms with E-state index >= 15 is 0 Å². The van der Waals surface area contributed by atoms with Crippen molar-refractivity contribution >= 4 is 34.5 Å². The molecule has 0 unspecified atom stereocenters. The number of furan rings is 1. The molecule has 3 aromatic heterocycles. The van der Waals surface area contributed by atoms with Crippen molar-refractivity contribution < 1.29 is 14.0 Å². The Labute approximate surface area is 218 Å². The van der Waals surface area contributed by atoms with Crippen molar-refractivity contribution in [3.05, 3.63) is 88.9 Å². The van der Waals surface area contributed by atoms with Crippen LogP contribution in [0.25, 0.3) is 10.9 Å². The molecule has 1 atom stereocenters. The van der Waals surface area contributed by atoms with Crippen LogP contribution >= 0.6 is 11.8 Å². The van der Waals surface area contributed by atoms with E-state index in [1.165, 1.54) is 11.8 Å². The van der Waals surface area contributed by atoms with E-state index in [1.54, 1.807) is 53.6 Å². The lowest BCUT2D eigenvalue weighted by Gasteiger charge is -2.18. The molecule has 2 amide bonds. The highest BCUT2D eigenvalue weighted by molar-refractivity contribution is 8.00. The molecule has 0 saturated heterocycles. The van der Waals surface area contributed by atoms with Gasteiger partial charge >= 0.3 is 0 Å². The number of hydrogen-bond acceptors (Lipinski definition) is 7. The topological polar surface area (TPSA) is 119 Å². The molecular weight excluding hydrogens is 490 g/mol. The van der Waals surface area contributed by atoms with Crippen molar-refractivity contribution in [2.24, 2.45) is 0 Å². The number of rotatable bonds is 12. The number of benzene rings is 1. The number of carbonyl (C=O) groups excluding carboxylic acids is 2. The van der Waals surface area contributed by atoms with Crippen LogP contribution in [0.15, 0.2) is 81.6 Å². The molecule has 10 heteroatoms. The van der Waals surface area contributed by atoms with Crippen LogP contribution in [0, 0.1) is 0 Å². The van der Waals surface area contributed by atoms with Gasteiger partial charge in [0, 0.05) is 31.9 Å². The van der Waals surface area contributed by atoms with Crippen LogP contribution < -0.4 is 16.2 Å². The number of para-hydroxylation sites is 1. The Bertz CT molecular complexity index is 1390. The third-order valence-electron chi connectivity index (χ3n) is 5.75. The SMILES string of the molecule is CC[C@@H](Sc1nc2ccccc2c(=O)n1CCCC(=O)NCc1ccco1)C(=O)NCc1cccnc1. The molecule has 0 fully saturated rings. The first-order valence-electron chi connectivity index (χ1n) is 12.2. The van der Waals surface area contributed by atoms with Gasteiger partial charge in [0.2, 0.25) is 11.8 Å². The third kappa shape index (κ3) is 7.07. The largest absolute Gasteiger partial charge is 0.467 e. The molecule has 0 bridgehead atoms. The first kappa shape index (κ1) is 26.2. The number of hydrogen-bond donors (Lipinski definition) is 2. The summed E-state index contributed by atoms with van der Waals surface area (Å²) >= 11 is 1.27. The summed E-state index contributed by atoms with van der Waals surface area (Å²) in [6, 6.07) is 14.4. The molecule has 192 valence electrons. The predicted octanol–water partition coefficient (Wildman–Crippen LogP) is 3.67. The zero-order valence-electron chi connectivity index (χ0n) is 20.6. The summed E-state index contributed by atoms with van der Waals surface area (Å²) in [5.74, 6) is 0.408. The van der Waals surface area contributed by atoms with E-state index in [9.17, 15) is 14.4 Å². The number of nitrogens with zero attached hydrogens (tertiary/aromatic N) is 3. The maximum atomic E-state index is 13.3. The monoisotopic (exact) mass is 519 g/mol. The van der Waals surface area contributed by atoms with Crippen molar-refractivity contribution in [2.45, 2.75) is 56.2 Å². The third-order valence-corrected chi connectivity index (χ3v) is 7.11. The summed E-state index contributed by atoms with van der Waals surface area (Å²) in [6.07, 6.45) is 6.20. The van der Waals surface area contributed by atoms with Crippen molar-refractivity contribution in [3.8, 4) is 0 Å². The van der Waals surface area contributed by atoms with Gasteiger partial charge < -0.3 is 15.1 Å². The molecule has 0 aliphatic heterocycles. The Morgan fingerprint density at radius 3 is 2.70 bits per heavy atom. The highest BCUT2D eigenvalue weighted by atomic mass is 32.2. The molecule has 4 rings (SSSR count). The highest BCUT2D eigenvalue weighted by Crippen LogP contribution is 2.25. The average Bonchev–Trinajstić information content (AvgIpc) is 3.45. The van der Waals surface area contributed by atoms with Crippen LogP contribution in [0.1, 0.15) is 37.5 Å². The second-order valence-corrected chi connectivity index (χ2v) is 9.59. The van der Waals surface area contributed by atoms with E-state index in [4.69, 9.17) is 9.40 Å². The molecule has 0 radical (unpaired) electrons. The fourth-order valence-corrected chi connectivity index (χ4v) is 4.84. The zero-order chi connectivity index (χ0) is 26.0. The minimum Gasteiger partial charge on any atom is -0.467 e. The summed E-state index contributed by atoms with van der Waals surface area (Å²) in [4.78, 5) is 47.4. The van der Waals surface area contributed by atoms with Crippen LogP contribution in [0.4, 0.5) is 0 Å². The summed E-state index contributed by atoms with van der Waals surface area (Å²) in [6.45, 7) is 2.92. The van der Waals surface area contributed by atoms with Gasteiger partial charge in [-0.25, -0.2) is 4.98 Å². The van der Waals surface area contributed by atoms with Crippen molar-refractivity contribution in [1.29, 1.82) is 0 Å². The molecule has 0 aliphatic carbocycles. The van der Waals surface area contributed by atoms with Crippen molar-refractivity contribution in [2.75, 3.05) is 0 Å². The second kappa shape index (κ2) is 12.9. The Morgan fingerprint density at radius 1 is 1.08 bits per heavy atom. The summed E-state index contributed by atoms with van der Waals surface area (Å²) in [7, 11) is 0. The summed E-state index contributed by atoms with van der Waals surface area (Å²) < 4.78 is 6.81. The van der Waals surface area contributed by atoms with Crippen LogP contribution in [-0.2, 0) is 29.2 Å². The first-order chi connectivity index (χ1) is 18.0. The molecule has 3 heterocycles. The van der Waals surface area contributed by atoms with Crippen LogP contribution in [0.3, 0.4) is 0 Å². The minimum absolute atomic E-state index is 0.131. The normalized spacial score (nSPS) is 11.8. The van der Waals surface area contributed by atoms with Gasteiger partial charge in [0.1, 0.15) is 5.76 Å². The molecule has 1 aromatic carbocycles. The molecular formula is C27H29N5O4S. The van der Waals surface area contributed by atoms with Gasteiger partial charge in [-0.05, 0) is 48.7 Å². The molecule has 0 aliphatic rings. The Morgan fingerprint density at radius 2 is 1.95 bits per heavy atom. The Hall–Kier alpha value is -3.92. The van der Waals surface area contributed by atoms with Crippen LogP contribution in [0.2, 0.25) is 0 Å². The fraction of sp³-hybridized carbons (Fsp3) is 0.296. The number of amides is 2. The minimum atomic E-state index is -0.437. The van der Waals surface area contributed by atoms with Gasteiger partial charge in [-0.2, -0.15) is 0 Å². The van der Waals surface area contributed by atoms with Crippen LogP contribution in [-0.4, -0.2) is 31.6 Å². The Balaban J connectivity index is 1.46. The van der Waals surface area contributed by atoms with E-state index in [0.717, 1.165) is 5.56 Å². The number of pyridine rings is 1. The smallest absolute Gasteiger partial charge is 0.262 e. The lowest BCUT2D eigenvalue weighted by Crippen LogP contribution is -2.33. The van der Waals surface area contributed by atoms with Gasteiger partial charge in [0.15, 0.2) is 5.16 Å². The number of carbonyl (C=O) groups is 2. The highest BCUT2D eigenvalue weighted by Gasteiger charge is 2.22. The van der Waals surface area contributed by atoms with E-state index in [1.807, 2.05) is 25.1 Å². The summed E-state index contributed by atoms with van der Waals surface area (Å²) in [5, 5.41) is 6.29. The standard InChI is InChI=1S/C27H29N5O4S/c1-2-23(25(34)30-17-19-8-5-13-28-16-19)37-27-31-22-11-4-3-10-21(22)26(35)32(27)14-6-12-24(33)29-18-20-9-7-15-36-20/h3-5,7-11,13,15-16,23H,2,6,12,14,17-18H2,1H3,(H,29,33)(H,30,34)/t23-/m1/s1. The lowest BCUT2D eigenvalue weighted by molar-refractivity contribution is -0.122. The van der Waals surface area contributed by atoms with Crippen molar-refractivity contribution in [3.63, 3.8) is 0 Å². The maximum absolute atomic E-state index is 13.3. The van der Waals surface area contributed by atoms with Gasteiger partial charge in [-0.1, -0.05) is 36.9 Å². The molecule has 0 spiro atoms. The zero-order valence-corrected chi connectivity index (χ0v) is 21.4. The number of aromatic nitrogens is 3. The van der Waals surface area contributed by atoms with Gasteiger partial charge in [0.05, 0.1) is 29.0 Å². The molecule has 37 heavy (non-hydrogen) atoms. The Kier molecular flexibility index (Phi) is 9.09. The number of fused-ring (bicyclic) bond motifs is 1. The molecule has 9 nitrogen and oxygen atoms in total. The maximum Gasteiger partial charge on any atom is 0.262 e. The molecule has 2 N–H and O–H groups in total.